The Labute approximate surface area is 190 Å². The zero-order valence-electron chi connectivity index (χ0n) is 18.8. The summed E-state index contributed by atoms with van der Waals surface area (Å²) in [7, 11) is 0. The molecule has 2 atom stereocenters. The minimum Gasteiger partial charge on any atom is -0.0646 e. The van der Waals surface area contributed by atoms with E-state index in [1.54, 1.807) is 16.7 Å². The Balaban J connectivity index is 1.58. The van der Waals surface area contributed by atoms with Crippen LogP contribution in [0.1, 0.15) is 105 Å². The fraction of sp³-hybridized carbons (Fsp3) is 0.448. The summed E-state index contributed by atoms with van der Waals surface area (Å²) in [4.78, 5) is 0. The van der Waals surface area contributed by atoms with Crippen LogP contribution in [0, 0.1) is 5.41 Å². The molecule has 0 saturated heterocycles. The fourth-order valence-corrected chi connectivity index (χ4v) is 7.50. The number of allylic oxidation sites excluding steroid dienone is 2. The molecule has 2 unspecified atom stereocenters. The molecule has 30 heavy (non-hydrogen) atoms. The van der Waals surface area contributed by atoms with E-state index in [1.165, 1.54) is 58.8 Å². The third-order valence-electron chi connectivity index (χ3n) is 8.07. The van der Waals surface area contributed by atoms with Crippen LogP contribution in [0.2, 0.25) is 0 Å². The third-order valence-corrected chi connectivity index (χ3v) is 8.76. The maximum Gasteiger partial charge on any atom is 0.0250 e. The van der Waals surface area contributed by atoms with Crippen LogP contribution in [0.3, 0.4) is 0 Å². The molecule has 0 nitrogen and oxygen atoms in total. The molecule has 5 rings (SSSR count). The van der Waals surface area contributed by atoms with Gasteiger partial charge in [0.1, 0.15) is 0 Å². The minimum absolute atomic E-state index is 0.115. The second-order valence-corrected chi connectivity index (χ2v) is 11.2. The number of hydrogen-bond acceptors (Lipinski definition) is 0. The van der Waals surface area contributed by atoms with E-state index in [2.05, 4.69) is 92.2 Å². The lowest BCUT2D eigenvalue weighted by Gasteiger charge is -2.41. The van der Waals surface area contributed by atoms with Gasteiger partial charge in [-0.05, 0) is 71.9 Å². The highest BCUT2D eigenvalue weighted by Crippen LogP contribution is 2.59. The Morgan fingerprint density at radius 2 is 1.27 bits per heavy atom. The summed E-state index contributed by atoms with van der Waals surface area (Å²) in [5.74, 6) is 1.67. The van der Waals surface area contributed by atoms with Gasteiger partial charge in [-0.15, -0.1) is 0 Å². The van der Waals surface area contributed by atoms with Crippen molar-refractivity contribution in [3.8, 4) is 0 Å². The first kappa shape index (κ1) is 20.3. The van der Waals surface area contributed by atoms with Crippen molar-refractivity contribution in [1.82, 2.24) is 0 Å². The number of fused-ring (bicyclic) bond motifs is 2. The van der Waals surface area contributed by atoms with E-state index in [-0.39, 0.29) is 5.41 Å². The third kappa shape index (κ3) is 3.08. The van der Waals surface area contributed by atoms with Crippen molar-refractivity contribution < 1.29 is 0 Å². The van der Waals surface area contributed by atoms with Crippen molar-refractivity contribution in [2.24, 2.45) is 5.41 Å². The van der Waals surface area contributed by atoms with Gasteiger partial charge in [-0.25, -0.2) is 0 Å². The Bertz CT molecular complexity index is 1050. The van der Waals surface area contributed by atoms with E-state index in [0.29, 0.717) is 11.8 Å². The quantitative estimate of drug-likeness (QED) is 0.427. The number of halogens is 1. The standard InChI is InChI=1S/C29H33Br/c1-18-16-24-21(20-10-6-5-7-11-20)12-8-13-22(24)27(18)29(3,4)28-19(2)17-25-23(28)14-9-15-26(25)30/h8-9,12-17,20,27-28H,5-7,10-11H2,1-4H3. The van der Waals surface area contributed by atoms with Gasteiger partial charge in [0.15, 0.2) is 0 Å². The highest BCUT2D eigenvalue weighted by Gasteiger charge is 2.45. The van der Waals surface area contributed by atoms with Crippen LogP contribution in [0.5, 0.6) is 0 Å². The van der Waals surface area contributed by atoms with Gasteiger partial charge in [0.2, 0.25) is 0 Å². The van der Waals surface area contributed by atoms with Crippen LogP contribution in [0.25, 0.3) is 12.2 Å². The molecule has 0 bridgehead atoms. The summed E-state index contributed by atoms with van der Waals surface area (Å²) in [5, 5.41) is 0. The fourth-order valence-electron chi connectivity index (χ4n) is 7.00. The molecule has 1 fully saturated rings. The van der Waals surface area contributed by atoms with Crippen molar-refractivity contribution in [3.05, 3.63) is 79.8 Å². The van der Waals surface area contributed by atoms with E-state index in [1.807, 2.05) is 0 Å². The van der Waals surface area contributed by atoms with Gasteiger partial charge in [0, 0.05) is 16.3 Å². The van der Waals surface area contributed by atoms with Gasteiger partial charge in [-0.2, -0.15) is 0 Å². The lowest BCUT2D eigenvalue weighted by atomic mass is 9.62. The maximum atomic E-state index is 3.79. The average Bonchev–Trinajstić information content (AvgIpc) is 3.25. The molecule has 0 amide bonds. The normalized spacial score (nSPS) is 23.8. The molecular formula is C29H33Br. The average molecular weight is 461 g/mol. The summed E-state index contributed by atoms with van der Waals surface area (Å²) < 4.78 is 1.22. The SMILES string of the molecule is CC1=Cc2c(Br)cccc2C1C(C)(C)C1C(C)=Cc2c(C3CCCCC3)cccc21. The zero-order valence-corrected chi connectivity index (χ0v) is 20.4. The molecule has 2 aromatic carbocycles. The van der Waals surface area contributed by atoms with Gasteiger partial charge in [-0.3, -0.25) is 0 Å². The Morgan fingerprint density at radius 1 is 0.733 bits per heavy atom. The summed E-state index contributed by atoms with van der Waals surface area (Å²) in [6, 6.07) is 13.9. The molecule has 0 spiro atoms. The molecule has 0 radical (unpaired) electrons. The summed E-state index contributed by atoms with van der Waals surface area (Å²) in [6.45, 7) is 9.68. The van der Waals surface area contributed by atoms with Crippen molar-refractivity contribution in [2.45, 2.75) is 77.6 Å². The van der Waals surface area contributed by atoms with Crippen molar-refractivity contribution in [3.63, 3.8) is 0 Å². The topological polar surface area (TPSA) is 0 Å². The Morgan fingerprint density at radius 3 is 1.93 bits per heavy atom. The van der Waals surface area contributed by atoms with Crippen molar-refractivity contribution >= 4 is 28.1 Å². The molecule has 0 heterocycles. The van der Waals surface area contributed by atoms with Crippen molar-refractivity contribution in [1.29, 1.82) is 0 Å². The van der Waals surface area contributed by atoms with Crippen LogP contribution in [-0.2, 0) is 0 Å². The van der Waals surface area contributed by atoms with Crippen molar-refractivity contribution in [2.75, 3.05) is 0 Å². The van der Waals surface area contributed by atoms with E-state index in [9.17, 15) is 0 Å². The van der Waals surface area contributed by atoms with Crippen LogP contribution in [0.4, 0.5) is 0 Å². The summed E-state index contributed by atoms with van der Waals surface area (Å²) in [6.07, 6.45) is 11.9. The predicted octanol–water partition coefficient (Wildman–Crippen LogP) is 9.22. The number of hydrogen-bond donors (Lipinski definition) is 0. The van der Waals surface area contributed by atoms with Gasteiger partial charge < -0.3 is 0 Å². The number of rotatable bonds is 3. The second-order valence-electron chi connectivity index (χ2n) is 10.4. The molecule has 1 heteroatoms. The largest absolute Gasteiger partial charge is 0.0646 e. The van der Waals surface area contributed by atoms with E-state index >= 15 is 0 Å². The highest BCUT2D eigenvalue weighted by molar-refractivity contribution is 9.10. The van der Waals surface area contributed by atoms with Crippen LogP contribution >= 0.6 is 15.9 Å². The van der Waals surface area contributed by atoms with Crippen LogP contribution in [0.15, 0.2) is 52.0 Å². The van der Waals surface area contributed by atoms with E-state index < -0.39 is 0 Å². The first-order valence-electron chi connectivity index (χ1n) is 11.7. The lowest BCUT2D eigenvalue weighted by Crippen LogP contribution is -2.29. The van der Waals surface area contributed by atoms with Gasteiger partial charge in [-0.1, -0.05) is 103 Å². The molecule has 0 N–H and O–H groups in total. The van der Waals surface area contributed by atoms with Gasteiger partial charge in [0.05, 0.1) is 0 Å². The monoisotopic (exact) mass is 460 g/mol. The lowest BCUT2D eigenvalue weighted by molar-refractivity contribution is 0.274. The van der Waals surface area contributed by atoms with Crippen LogP contribution < -0.4 is 0 Å². The molecule has 0 aromatic heterocycles. The Hall–Kier alpha value is -1.60. The highest BCUT2D eigenvalue weighted by atomic mass is 79.9. The molecular weight excluding hydrogens is 428 g/mol. The molecule has 156 valence electrons. The van der Waals surface area contributed by atoms with Gasteiger partial charge in [0.25, 0.3) is 0 Å². The number of benzene rings is 2. The molecule has 2 aromatic rings. The minimum atomic E-state index is 0.115. The molecule has 1 saturated carbocycles. The first-order chi connectivity index (χ1) is 14.4. The summed E-state index contributed by atoms with van der Waals surface area (Å²) in [5.41, 5.74) is 10.7. The summed E-state index contributed by atoms with van der Waals surface area (Å²) >= 11 is 3.79. The van der Waals surface area contributed by atoms with E-state index in [0.717, 1.165) is 5.92 Å². The first-order valence-corrected chi connectivity index (χ1v) is 12.5. The molecule has 3 aliphatic carbocycles. The predicted molar refractivity (Wildman–Crippen MR) is 133 cm³/mol. The molecule has 0 aliphatic heterocycles. The zero-order chi connectivity index (χ0) is 21.0. The molecule has 3 aliphatic rings. The smallest absolute Gasteiger partial charge is 0.0250 e. The maximum absolute atomic E-state index is 3.79. The second kappa shape index (κ2) is 7.52. The van der Waals surface area contributed by atoms with Gasteiger partial charge >= 0.3 is 0 Å². The Kier molecular flexibility index (Phi) is 5.09. The van der Waals surface area contributed by atoms with E-state index in [4.69, 9.17) is 0 Å². The van der Waals surface area contributed by atoms with Crippen LogP contribution in [-0.4, -0.2) is 0 Å².